The van der Waals surface area contributed by atoms with E-state index in [1.165, 1.54) is 63.5 Å². The number of aromatic hydroxyl groups is 2. The molecule has 2 aliphatic heterocycles. The van der Waals surface area contributed by atoms with Crippen LogP contribution in [0.15, 0.2) is 146 Å². The van der Waals surface area contributed by atoms with Crippen LogP contribution in [0, 0.1) is 0 Å². The summed E-state index contributed by atoms with van der Waals surface area (Å²) in [4.78, 5) is 123. The van der Waals surface area contributed by atoms with Crippen LogP contribution in [0.5, 0.6) is 23.0 Å². The van der Waals surface area contributed by atoms with Crippen LogP contribution in [0.25, 0.3) is 11.1 Å². The van der Waals surface area contributed by atoms with Gasteiger partial charge in [-0.25, -0.2) is 19.2 Å². The number of aryl methyl sites for hydroxylation is 2. The number of unbranched alkanes of at least 4 members (excludes halogenated alkanes) is 10. The van der Waals surface area contributed by atoms with Crippen molar-refractivity contribution in [1.29, 1.82) is 0 Å². The second-order valence-corrected chi connectivity index (χ2v) is 38.6. The molecule has 13 N–H and O–H groups in total. The highest BCUT2D eigenvalue weighted by Crippen LogP contribution is 2.47. The molecule has 738 valence electrons. The summed E-state index contributed by atoms with van der Waals surface area (Å²) >= 11 is 0. The molecule has 32 heteroatoms. The largest absolute Gasteiger partial charge is 0.508 e. The van der Waals surface area contributed by atoms with Crippen LogP contribution in [-0.2, 0) is 84.2 Å². The number of fused-ring (bicyclic) bond motifs is 5. The molecule has 32 nitrogen and oxygen atoms in total. The third-order valence-electron chi connectivity index (χ3n) is 24.0. The summed E-state index contributed by atoms with van der Waals surface area (Å²) in [5.41, 5.74) is 7.12. The first kappa shape index (κ1) is 106. The maximum absolute atomic E-state index is 14.5. The monoisotopic (exact) mass is 1880 g/mol. The lowest BCUT2D eigenvalue weighted by atomic mass is 9.78. The van der Waals surface area contributed by atoms with Crippen molar-refractivity contribution in [2.45, 2.75) is 338 Å². The summed E-state index contributed by atoms with van der Waals surface area (Å²) in [6.45, 7) is 23.0. The van der Waals surface area contributed by atoms with E-state index in [1.54, 1.807) is 154 Å². The third kappa shape index (κ3) is 33.4. The Morgan fingerprint density at radius 3 is 1.25 bits per heavy atom. The second kappa shape index (κ2) is 49.6. The number of carbonyl (C=O) groups excluding carboxylic acids is 9. The highest BCUT2D eigenvalue weighted by molar-refractivity contribution is 6.00. The van der Waals surface area contributed by atoms with Gasteiger partial charge in [0.15, 0.2) is 11.6 Å². The molecule has 0 radical (unpaired) electrons. The van der Waals surface area contributed by atoms with E-state index in [0.29, 0.717) is 42.5 Å². The Hall–Kier alpha value is -11.1. The Labute approximate surface area is 792 Å². The summed E-state index contributed by atoms with van der Waals surface area (Å²) < 4.78 is 65.0. The van der Waals surface area contributed by atoms with Gasteiger partial charge in [-0.15, -0.1) is 0 Å². The van der Waals surface area contributed by atoms with E-state index >= 15 is 0 Å². The van der Waals surface area contributed by atoms with Crippen LogP contribution < -0.4 is 52.4 Å². The predicted molar refractivity (Wildman–Crippen MR) is 507 cm³/mol. The molecule has 4 fully saturated rings. The standard InChI is InChI=1S/C59H76N4O13.C44H66N4O11/c1-7-8-9-10-11-16-34-71-41-30-26-39(27-31-41)61-52(65)47(22-17-33-60-55(68)76-57(2,3)4)62-54(67)59(70)35-49(51-50(36-59)74-58(5,6)75-51)73-53(66)48(32-25-38-23-28-40(64)29-24-38)63-56(69)72-37-46-44-20-14-12-18-42(44)43-19-13-15-21-45(43)46;1-7-8-9-10-11-12-26-55-32-22-18-30(19-23-32)47-38(50)34(14-13-25-46-41(53)59-42(2,3)4)48-40(52)44(54)27-35(37-36(28-44)57-43(5,6)58-37)56-39(51)33(45)24-17-29-15-20-31(49)21-16-29/h12-15,18-21,23-24,26-31,46-51,64,70H,7-11,16-17,22,25,32-37H2,1-6H3,(H,60,68)(H,61,65)(H,62,67)(H,63,69);15-16,18-23,33-37,49,54H,7-14,17,24-28,45H2,1-6H3,(H,46,53)(H,47,50)(H,48,52). The minimum Gasteiger partial charge on any atom is -0.508 e. The molecule has 0 aromatic heterocycles. The van der Waals surface area contributed by atoms with E-state index in [0.717, 1.165) is 59.1 Å². The first-order valence-electron chi connectivity index (χ1n) is 47.8. The van der Waals surface area contributed by atoms with Crippen LogP contribution in [0.4, 0.5) is 25.8 Å². The van der Waals surface area contributed by atoms with Crippen molar-refractivity contribution in [3.05, 3.63) is 168 Å². The molecule has 0 spiro atoms. The predicted octanol–water partition coefficient (Wildman–Crippen LogP) is 15.1. The number of phenolic OH excluding ortho intramolecular Hbond substituents is 2. The van der Waals surface area contributed by atoms with Gasteiger partial charge in [0, 0.05) is 56.1 Å². The molecule has 0 bridgehead atoms. The van der Waals surface area contributed by atoms with Gasteiger partial charge in [-0.05, 0) is 240 Å². The van der Waals surface area contributed by atoms with Crippen LogP contribution in [-0.4, -0.2) is 202 Å². The number of anilines is 2. The SMILES string of the molecule is CCCCCCCCOc1ccc(NC(=O)C(CCCNC(=O)OC(C)(C)C)NC(=O)C2(O)CC(OC(=O)C(CCc3ccc(O)cc3)NC(=O)OCC3c4ccccc4-c4ccccc43)C3OC(C)(C)OC3C2)cc1.CCCCCCCCOc1ccc(NC(=O)C(CCCNC(=O)OC(C)(C)C)NC(=O)C2(O)CC(OC(=O)C(N)CCc3ccc(O)cc3)C3OC(C)(C)OC3C2)cc1. The van der Waals surface area contributed by atoms with Crippen LogP contribution >= 0.6 is 0 Å². The number of rotatable bonds is 45. The minimum absolute atomic E-state index is 0.00571. The summed E-state index contributed by atoms with van der Waals surface area (Å²) in [6, 6.07) is 38.1. The first-order chi connectivity index (χ1) is 64.2. The number of benzene rings is 6. The van der Waals surface area contributed by atoms with Crippen molar-refractivity contribution in [3.8, 4) is 34.1 Å². The minimum atomic E-state index is -2.25. The fourth-order valence-corrected chi connectivity index (χ4v) is 17.2. The van der Waals surface area contributed by atoms with Crippen LogP contribution in [0.1, 0.15) is 253 Å². The molecule has 12 unspecified atom stereocenters. The van der Waals surface area contributed by atoms with Crippen molar-refractivity contribution in [2.24, 2.45) is 5.73 Å². The van der Waals surface area contributed by atoms with Gasteiger partial charge in [-0.3, -0.25) is 24.0 Å². The number of hydrogen-bond acceptors (Lipinski definition) is 25. The average molecular weight is 1880 g/mol. The highest BCUT2D eigenvalue weighted by Gasteiger charge is 2.60. The highest BCUT2D eigenvalue weighted by atomic mass is 16.8. The summed E-state index contributed by atoms with van der Waals surface area (Å²) in [7, 11) is 0. The van der Waals surface area contributed by atoms with Crippen LogP contribution in [0.3, 0.4) is 0 Å². The third-order valence-corrected chi connectivity index (χ3v) is 24.0. The van der Waals surface area contributed by atoms with E-state index in [9.17, 15) is 63.6 Å². The van der Waals surface area contributed by atoms with Gasteiger partial charge in [0.05, 0.1) is 25.4 Å². The fourth-order valence-electron chi connectivity index (χ4n) is 17.2. The number of carbonyl (C=O) groups is 9. The molecule has 12 atom stereocenters. The summed E-state index contributed by atoms with van der Waals surface area (Å²) in [5, 5.41) is 63.1. The number of nitrogens with one attached hydrogen (secondary N) is 7. The van der Waals surface area contributed by atoms with Crippen molar-refractivity contribution >= 4 is 65.2 Å². The first-order valence-corrected chi connectivity index (χ1v) is 47.8. The van der Waals surface area contributed by atoms with Crippen molar-refractivity contribution in [3.63, 3.8) is 0 Å². The van der Waals surface area contributed by atoms with Gasteiger partial charge in [0.1, 0.15) is 101 Å². The van der Waals surface area contributed by atoms with Crippen molar-refractivity contribution in [1.82, 2.24) is 26.6 Å². The number of aliphatic hydroxyl groups is 2. The Kier molecular flexibility index (Phi) is 38.9. The zero-order chi connectivity index (χ0) is 97.7. The van der Waals surface area contributed by atoms with Crippen molar-refractivity contribution < 1.29 is 116 Å². The lowest BCUT2D eigenvalue weighted by Crippen LogP contribution is -2.61. The smallest absolute Gasteiger partial charge is 0.407 e. The number of phenols is 2. The number of nitrogens with two attached hydrogens (primary N) is 1. The zero-order valence-electron chi connectivity index (χ0n) is 80.2. The molecule has 7 amide bonds. The molecule has 2 saturated heterocycles. The molecule has 2 heterocycles. The molecule has 2 saturated carbocycles. The molecule has 11 rings (SSSR count). The summed E-state index contributed by atoms with van der Waals surface area (Å²) in [5.74, 6) is -5.53. The molecule has 6 aromatic carbocycles. The second-order valence-electron chi connectivity index (χ2n) is 38.6. The average Bonchev–Trinajstić information content (AvgIpc) is 1.64. The van der Waals surface area contributed by atoms with E-state index in [4.69, 9.17) is 57.8 Å². The number of ether oxygens (including phenoxy) is 11. The fraction of sp³-hybridized carbons (Fsp3) is 0.563. The molecular formula is C103H142N8O24. The van der Waals surface area contributed by atoms with E-state index in [2.05, 4.69) is 51.1 Å². The summed E-state index contributed by atoms with van der Waals surface area (Å²) in [6.07, 6.45) is 6.19. The Bertz CT molecular complexity index is 4810. The van der Waals surface area contributed by atoms with Gasteiger partial charge in [-0.1, -0.05) is 151 Å². The van der Waals surface area contributed by atoms with Gasteiger partial charge in [0.25, 0.3) is 11.8 Å². The van der Waals surface area contributed by atoms with Gasteiger partial charge in [-0.2, -0.15) is 0 Å². The zero-order valence-corrected chi connectivity index (χ0v) is 80.2. The molecular weight excluding hydrogens is 1730 g/mol. The topological polar surface area (TPSA) is 446 Å². The molecule has 6 aromatic rings. The van der Waals surface area contributed by atoms with Crippen LogP contribution in [0.2, 0.25) is 0 Å². The number of hydrogen-bond donors (Lipinski definition) is 12. The van der Waals surface area contributed by atoms with E-state index in [-0.39, 0.29) is 101 Å². The van der Waals surface area contributed by atoms with Gasteiger partial charge < -0.3 is 115 Å². The molecule has 5 aliphatic rings. The Morgan fingerprint density at radius 2 is 0.837 bits per heavy atom. The van der Waals surface area contributed by atoms with Gasteiger partial charge >= 0.3 is 30.2 Å². The molecule has 135 heavy (non-hydrogen) atoms. The number of amides is 7. The number of alkyl carbamates (subject to hydrolysis) is 3. The lowest BCUT2D eigenvalue weighted by molar-refractivity contribution is -0.182. The lowest BCUT2D eigenvalue weighted by Gasteiger charge is -2.41. The Morgan fingerprint density at radius 1 is 0.444 bits per heavy atom. The van der Waals surface area contributed by atoms with E-state index < -0.39 is 155 Å². The van der Waals surface area contributed by atoms with E-state index in [1.807, 2.05) is 48.5 Å². The maximum atomic E-state index is 14.5. The normalized spacial score (nSPS) is 21.0. The van der Waals surface area contributed by atoms with Crippen molar-refractivity contribution in [2.75, 3.05) is 43.5 Å². The quantitative estimate of drug-likeness (QED) is 0.00959. The number of esters is 2. The Balaban J connectivity index is 0.000000289. The maximum Gasteiger partial charge on any atom is 0.407 e. The van der Waals surface area contributed by atoms with Gasteiger partial charge in [0.2, 0.25) is 11.8 Å². The molecule has 3 aliphatic carbocycles.